The van der Waals surface area contributed by atoms with Crippen LogP contribution in [0.2, 0.25) is 0 Å². The molecule has 0 atom stereocenters. The molecular formula is C25H23NO3. The Hall–Kier alpha value is -3.66. The molecule has 4 heteroatoms. The number of hydrogen-bond acceptors (Lipinski definition) is 2. The number of amides is 1. The van der Waals surface area contributed by atoms with Gasteiger partial charge in [0.05, 0.1) is 11.3 Å². The molecule has 29 heavy (non-hydrogen) atoms. The summed E-state index contributed by atoms with van der Waals surface area (Å²) in [5, 5.41) is 12.2. The summed E-state index contributed by atoms with van der Waals surface area (Å²) in [6.07, 6.45) is 3.37. The largest absolute Gasteiger partial charge is 0.478 e. The maximum Gasteiger partial charge on any atom is 0.337 e. The first-order valence-corrected chi connectivity index (χ1v) is 9.48. The van der Waals surface area contributed by atoms with Crippen molar-refractivity contribution in [2.45, 2.75) is 19.8 Å². The zero-order valence-electron chi connectivity index (χ0n) is 16.3. The van der Waals surface area contributed by atoms with Crippen LogP contribution in [0.1, 0.15) is 34.0 Å². The number of carbonyl (C=O) groups is 2. The maximum absolute atomic E-state index is 12.6. The minimum atomic E-state index is -1.07. The SMILES string of the molecule is C/C(=C\c1ccccc1)C(=O)Nc1cc(CCc2ccccc2)ccc1C(=O)O. The van der Waals surface area contributed by atoms with E-state index in [9.17, 15) is 14.7 Å². The first-order valence-electron chi connectivity index (χ1n) is 9.48. The predicted molar refractivity (Wildman–Crippen MR) is 116 cm³/mol. The Labute approximate surface area is 170 Å². The van der Waals surface area contributed by atoms with Gasteiger partial charge >= 0.3 is 5.97 Å². The van der Waals surface area contributed by atoms with Gasteiger partial charge in [-0.05, 0) is 54.7 Å². The topological polar surface area (TPSA) is 66.4 Å². The summed E-state index contributed by atoms with van der Waals surface area (Å²) < 4.78 is 0. The summed E-state index contributed by atoms with van der Waals surface area (Å²) in [5.74, 6) is -1.39. The van der Waals surface area contributed by atoms with Gasteiger partial charge in [-0.2, -0.15) is 0 Å². The van der Waals surface area contributed by atoms with E-state index in [0.717, 1.165) is 24.0 Å². The summed E-state index contributed by atoms with van der Waals surface area (Å²) in [6, 6.07) is 24.7. The van der Waals surface area contributed by atoms with Crippen LogP contribution in [0.15, 0.2) is 84.4 Å². The third-order valence-electron chi connectivity index (χ3n) is 4.65. The second-order valence-electron chi connectivity index (χ2n) is 6.86. The summed E-state index contributed by atoms with van der Waals surface area (Å²) in [7, 11) is 0. The Bertz CT molecular complexity index is 1020. The Kier molecular flexibility index (Phi) is 6.59. The number of nitrogens with one attached hydrogen (secondary N) is 1. The number of carboxylic acid groups (broad SMARTS) is 1. The molecule has 3 aromatic carbocycles. The van der Waals surface area contributed by atoms with Crippen molar-refractivity contribution in [3.8, 4) is 0 Å². The lowest BCUT2D eigenvalue weighted by Gasteiger charge is -2.11. The summed E-state index contributed by atoms with van der Waals surface area (Å²) in [6.45, 7) is 1.71. The quantitative estimate of drug-likeness (QED) is 0.549. The molecule has 0 spiro atoms. The van der Waals surface area contributed by atoms with Crippen LogP contribution >= 0.6 is 0 Å². The summed E-state index contributed by atoms with van der Waals surface area (Å²) in [4.78, 5) is 24.2. The molecule has 0 aromatic heterocycles. The van der Waals surface area contributed by atoms with Crippen molar-refractivity contribution in [3.05, 3.63) is 107 Å². The fourth-order valence-corrected chi connectivity index (χ4v) is 3.06. The molecule has 2 N–H and O–H groups in total. The van der Waals surface area contributed by atoms with Crippen molar-refractivity contribution in [2.24, 2.45) is 0 Å². The van der Waals surface area contributed by atoms with Gasteiger partial charge in [0.15, 0.2) is 0 Å². The average molecular weight is 385 g/mol. The lowest BCUT2D eigenvalue weighted by Crippen LogP contribution is -2.16. The number of hydrogen-bond donors (Lipinski definition) is 2. The second-order valence-corrected chi connectivity index (χ2v) is 6.86. The van der Waals surface area contributed by atoms with Crippen LogP contribution < -0.4 is 5.32 Å². The number of aromatic carboxylic acids is 1. The minimum Gasteiger partial charge on any atom is -0.478 e. The van der Waals surface area contributed by atoms with Crippen LogP contribution in [-0.4, -0.2) is 17.0 Å². The lowest BCUT2D eigenvalue weighted by molar-refractivity contribution is -0.112. The fraction of sp³-hybridized carbons (Fsp3) is 0.120. The van der Waals surface area contributed by atoms with Crippen LogP contribution in [0, 0.1) is 0 Å². The molecule has 1 amide bonds. The molecule has 0 unspecified atom stereocenters. The van der Waals surface area contributed by atoms with Crippen LogP contribution in [0.5, 0.6) is 0 Å². The zero-order valence-corrected chi connectivity index (χ0v) is 16.3. The first kappa shape index (κ1) is 20.1. The molecule has 0 saturated heterocycles. The molecule has 0 saturated carbocycles. The molecule has 146 valence electrons. The normalized spacial score (nSPS) is 11.1. The highest BCUT2D eigenvalue weighted by atomic mass is 16.4. The lowest BCUT2D eigenvalue weighted by atomic mass is 10.0. The third-order valence-corrected chi connectivity index (χ3v) is 4.65. The van der Waals surface area contributed by atoms with E-state index in [2.05, 4.69) is 17.4 Å². The zero-order chi connectivity index (χ0) is 20.6. The molecule has 0 radical (unpaired) electrons. The highest BCUT2D eigenvalue weighted by Gasteiger charge is 2.14. The summed E-state index contributed by atoms with van der Waals surface area (Å²) in [5.41, 5.74) is 3.99. The standard InChI is InChI=1S/C25H23NO3/c1-18(16-20-10-6-3-7-11-20)24(27)26-23-17-21(14-15-22(23)25(28)29)13-12-19-8-4-2-5-9-19/h2-11,14-17H,12-13H2,1H3,(H,26,27)(H,28,29)/b18-16+. The Morgan fingerprint density at radius 3 is 2.14 bits per heavy atom. The highest BCUT2D eigenvalue weighted by Crippen LogP contribution is 2.21. The molecule has 0 heterocycles. The van der Waals surface area contributed by atoms with Gasteiger partial charge in [-0.1, -0.05) is 66.7 Å². The van der Waals surface area contributed by atoms with Gasteiger partial charge in [0.2, 0.25) is 0 Å². The number of benzene rings is 3. The van der Waals surface area contributed by atoms with Crippen molar-refractivity contribution >= 4 is 23.6 Å². The van der Waals surface area contributed by atoms with Gasteiger partial charge in [-0.3, -0.25) is 4.79 Å². The van der Waals surface area contributed by atoms with E-state index in [1.165, 1.54) is 5.56 Å². The van der Waals surface area contributed by atoms with Crippen LogP contribution in [0.4, 0.5) is 5.69 Å². The molecule has 0 bridgehead atoms. The third kappa shape index (κ3) is 5.66. The monoisotopic (exact) mass is 385 g/mol. The molecule has 4 nitrogen and oxygen atoms in total. The van der Waals surface area contributed by atoms with Crippen LogP contribution in [0.25, 0.3) is 6.08 Å². The van der Waals surface area contributed by atoms with E-state index in [1.54, 1.807) is 31.2 Å². The second kappa shape index (κ2) is 9.51. The number of rotatable bonds is 7. The van der Waals surface area contributed by atoms with Gasteiger partial charge in [-0.25, -0.2) is 4.79 Å². The van der Waals surface area contributed by atoms with Gasteiger partial charge in [0.25, 0.3) is 5.91 Å². The van der Waals surface area contributed by atoms with Crippen LogP contribution in [-0.2, 0) is 17.6 Å². The van der Waals surface area contributed by atoms with Crippen molar-refractivity contribution in [3.63, 3.8) is 0 Å². The van der Waals surface area contributed by atoms with Crippen molar-refractivity contribution in [1.29, 1.82) is 0 Å². The highest BCUT2D eigenvalue weighted by molar-refractivity contribution is 6.09. The number of carboxylic acids is 1. The molecular weight excluding hydrogens is 362 g/mol. The minimum absolute atomic E-state index is 0.0781. The number of aryl methyl sites for hydroxylation is 2. The number of anilines is 1. The smallest absolute Gasteiger partial charge is 0.337 e. The Morgan fingerprint density at radius 2 is 1.48 bits per heavy atom. The Balaban J connectivity index is 1.78. The van der Waals surface area contributed by atoms with Crippen molar-refractivity contribution < 1.29 is 14.7 Å². The number of carbonyl (C=O) groups excluding carboxylic acids is 1. The van der Waals surface area contributed by atoms with Gasteiger partial charge in [0.1, 0.15) is 0 Å². The van der Waals surface area contributed by atoms with Gasteiger partial charge < -0.3 is 10.4 Å². The Morgan fingerprint density at radius 1 is 0.862 bits per heavy atom. The molecule has 3 aromatic rings. The van der Waals surface area contributed by atoms with E-state index < -0.39 is 5.97 Å². The van der Waals surface area contributed by atoms with E-state index >= 15 is 0 Å². The fourth-order valence-electron chi connectivity index (χ4n) is 3.06. The van der Waals surface area contributed by atoms with Gasteiger partial charge in [-0.15, -0.1) is 0 Å². The van der Waals surface area contributed by atoms with Crippen molar-refractivity contribution in [2.75, 3.05) is 5.32 Å². The van der Waals surface area contributed by atoms with Crippen molar-refractivity contribution in [1.82, 2.24) is 0 Å². The first-order chi connectivity index (χ1) is 14.0. The molecule has 3 rings (SSSR count). The van der Waals surface area contributed by atoms with E-state index in [4.69, 9.17) is 0 Å². The van der Waals surface area contributed by atoms with E-state index in [-0.39, 0.29) is 11.5 Å². The predicted octanol–water partition coefficient (Wildman–Crippen LogP) is 5.21. The summed E-state index contributed by atoms with van der Waals surface area (Å²) >= 11 is 0. The molecule has 0 aliphatic rings. The maximum atomic E-state index is 12.6. The van der Waals surface area contributed by atoms with E-state index in [0.29, 0.717) is 11.3 Å². The molecule has 0 fully saturated rings. The average Bonchev–Trinajstić information content (AvgIpc) is 2.73. The van der Waals surface area contributed by atoms with E-state index in [1.807, 2.05) is 48.5 Å². The van der Waals surface area contributed by atoms with Crippen LogP contribution in [0.3, 0.4) is 0 Å². The van der Waals surface area contributed by atoms with Gasteiger partial charge in [0, 0.05) is 5.57 Å². The molecule has 0 aliphatic carbocycles. The molecule has 0 aliphatic heterocycles.